The van der Waals surface area contributed by atoms with Gasteiger partial charge in [-0.1, -0.05) is 31.5 Å². The van der Waals surface area contributed by atoms with E-state index in [9.17, 15) is 0 Å². The summed E-state index contributed by atoms with van der Waals surface area (Å²) in [6.07, 6.45) is 0. The Morgan fingerprint density at radius 1 is 1.35 bits per heavy atom. The van der Waals surface area contributed by atoms with Gasteiger partial charge in [0.2, 0.25) is 0 Å². The van der Waals surface area contributed by atoms with E-state index in [2.05, 4.69) is 40.9 Å². The first-order valence-electron chi connectivity index (χ1n) is 6.39. The molecule has 0 atom stereocenters. The zero-order valence-corrected chi connectivity index (χ0v) is 13.7. The molecule has 5 heteroatoms. The number of nitrogens with one attached hydrogen (secondary N) is 1. The van der Waals surface area contributed by atoms with E-state index in [-0.39, 0.29) is 5.41 Å². The van der Waals surface area contributed by atoms with E-state index in [0.717, 1.165) is 27.4 Å². The van der Waals surface area contributed by atoms with Crippen LogP contribution in [0.5, 0.6) is 0 Å². The lowest BCUT2D eigenvalue weighted by Crippen LogP contribution is -2.23. The first-order valence-corrected chi connectivity index (χ1v) is 8.06. The summed E-state index contributed by atoms with van der Waals surface area (Å²) in [5.41, 5.74) is 2.13. The van der Waals surface area contributed by atoms with Gasteiger partial charge >= 0.3 is 0 Å². The molecule has 0 unspecified atom stereocenters. The molecule has 0 aliphatic rings. The van der Waals surface area contributed by atoms with Crippen LogP contribution in [0.3, 0.4) is 0 Å². The number of thiophene rings is 1. The second-order valence-electron chi connectivity index (χ2n) is 5.54. The highest BCUT2D eigenvalue weighted by Crippen LogP contribution is 2.31. The maximum absolute atomic E-state index is 6.03. The van der Waals surface area contributed by atoms with Crippen LogP contribution in [0.1, 0.15) is 18.7 Å². The van der Waals surface area contributed by atoms with Crippen molar-refractivity contribution in [3.05, 3.63) is 50.4 Å². The van der Waals surface area contributed by atoms with Gasteiger partial charge in [0.05, 0.1) is 11.0 Å². The fourth-order valence-corrected chi connectivity index (χ4v) is 3.72. The minimum Gasteiger partial charge on any atom is -0.331 e. The molecule has 0 aliphatic carbocycles. The molecule has 2 heterocycles. The van der Waals surface area contributed by atoms with E-state index in [4.69, 9.17) is 23.8 Å². The minimum atomic E-state index is 0.0428. The summed E-state index contributed by atoms with van der Waals surface area (Å²) >= 11 is 13.3. The SMILES string of the molecule is CC(C)(Cn1c(=S)[nH]c2cc(Cl)ccc21)c1cccs1. The third-order valence-corrected chi connectivity index (χ3v) is 5.27. The Morgan fingerprint density at radius 2 is 2.15 bits per heavy atom. The number of H-pyrrole nitrogens is 1. The summed E-state index contributed by atoms with van der Waals surface area (Å²) in [6, 6.07) is 10.1. The van der Waals surface area contributed by atoms with Crippen molar-refractivity contribution in [3.63, 3.8) is 0 Å². The number of nitrogens with zero attached hydrogens (tertiary/aromatic N) is 1. The normalized spacial score (nSPS) is 12.2. The first kappa shape index (κ1) is 13.9. The van der Waals surface area contributed by atoms with Crippen LogP contribution in [0.4, 0.5) is 0 Å². The van der Waals surface area contributed by atoms with Crippen molar-refractivity contribution in [3.8, 4) is 0 Å². The molecular weight excluding hydrogens is 308 g/mol. The molecule has 0 amide bonds. The number of aromatic amines is 1. The summed E-state index contributed by atoms with van der Waals surface area (Å²) < 4.78 is 2.90. The summed E-state index contributed by atoms with van der Waals surface area (Å²) in [6.45, 7) is 5.33. The van der Waals surface area contributed by atoms with Crippen LogP contribution in [0.2, 0.25) is 5.02 Å². The van der Waals surface area contributed by atoms with E-state index in [1.807, 2.05) is 18.2 Å². The molecule has 0 radical (unpaired) electrons. The molecule has 0 fully saturated rings. The predicted octanol–water partition coefficient (Wildman–Crippen LogP) is 5.39. The molecule has 0 saturated carbocycles. The van der Waals surface area contributed by atoms with Crippen molar-refractivity contribution in [2.45, 2.75) is 25.8 Å². The third kappa shape index (κ3) is 2.43. The van der Waals surface area contributed by atoms with Crippen molar-refractivity contribution in [2.75, 3.05) is 0 Å². The van der Waals surface area contributed by atoms with E-state index in [1.165, 1.54) is 4.88 Å². The maximum Gasteiger partial charge on any atom is 0.178 e. The molecule has 3 rings (SSSR count). The highest BCUT2D eigenvalue weighted by Gasteiger charge is 2.23. The number of halogens is 1. The Bertz CT molecular complexity index is 797. The van der Waals surface area contributed by atoms with Crippen LogP contribution in [0.25, 0.3) is 11.0 Å². The topological polar surface area (TPSA) is 20.7 Å². The second kappa shape index (κ2) is 5.02. The molecule has 1 N–H and O–H groups in total. The van der Waals surface area contributed by atoms with Crippen molar-refractivity contribution < 1.29 is 0 Å². The van der Waals surface area contributed by atoms with E-state index in [0.29, 0.717) is 0 Å². The number of aromatic nitrogens is 2. The highest BCUT2D eigenvalue weighted by atomic mass is 35.5. The molecule has 0 saturated heterocycles. The molecule has 0 aliphatic heterocycles. The van der Waals surface area contributed by atoms with Crippen molar-refractivity contribution in [1.29, 1.82) is 0 Å². The lowest BCUT2D eigenvalue weighted by molar-refractivity contribution is 0.447. The minimum absolute atomic E-state index is 0.0428. The molecule has 2 nitrogen and oxygen atoms in total. The summed E-state index contributed by atoms with van der Waals surface area (Å²) in [5, 5.41) is 2.84. The van der Waals surface area contributed by atoms with Crippen LogP contribution in [-0.4, -0.2) is 9.55 Å². The van der Waals surface area contributed by atoms with Gasteiger partial charge in [-0.15, -0.1) is 11.3 Å². The average molecular weight is 323 g/mol. The monoisotopic (exact) mass is 322 g/mol. The lowest BCUT2D eigenvalue weighted by Gasteiger charge is -2.24. The zero-order chi connectivity index (χ0) is 14.3. The van der Waals surface area contributed by atoms with Gasteiger partial charge < -0.3 is 9.55 Å². The Morgan fingerprint density at radius 3 is 2.85 bits per heavy atom. The molecule has 2 aromatic heterocycles. The fourth-order valence-electron chi connectivity index (χ4n) is 2.43. The fraction of sp³-hybridized carbons (Fsp3) is 0.267. The van der Waals surface area contributed by atoms with E-state index < -0.39 is 0 Å². The van der Waals surface area contributed by atoms with Gasteiger partial charge in [0.25, 0.3) is 0 Å². The summed E-state index contributed by atoms with van der Waals surface area (Å²) in [4.78, 5) is 4.60. The highest BCUT2D eigenvalue weighted by molar-refractivity contribution is 7.71. The summed E-state index contributed by atoms with van der Waals surface area (Å²) in [5.74, 6) is 0. The Kier molecular flexibility index (Phi) is 3.48. The second-order valence-corrected chi connectivity index (χ2v) is 7.31. The van der Waals surface area contributed by atoms with Gasteiger partial charge in [0.1, 0.15) is 0 Å². The number of fused-ring (bicyclic) bond motifs is 1. The number of benzene rings is 1. The number of hydrogen-bond acceptors (Lipinski definition) is 2. The standard InChI is InChI=1S/C15H15ClN2S2/c1-15(2,13-4-3-7-20-13)9-18-12-6-5-10(16)8-11(12)17-14(18)19/h3-8H,9H2,1-2H3,(H,17,19). The molecule has 20 heavy (non-hydrogen) atoms. The van der Waals surface area contributed by atoms with Crippen LogP contribution in [-0.2, 0) is 12.0 Å². The van der Waals surface area contributed by atoms with Gasteiger partial charge in [-0.2, -0.15) is 0 Å². The Labute approximate surface area is 132 Å². The molecule has 0 bridgehead atoms. The molecular formula is C15H15ClN2S2. The van der Waals surface area contributed by atoms with Crippen LogP contribution >= 0.6 is 35.2 Å². The molecule has 0 spiro atoms. The Balaban J connectivity index is 2.07. The zero-order valence-electron chi connectivity index (χ0n) is 11.3. The van der Waals surface area contributed by atoms with Crippen LogP contribution < -0.4 is 0 Å². The lowest BCUT2D eigenvalue weighted by atomic mass is 9.91. The predicted molar refractivity (Wildman–Crippen MR) is 89.5 cm³/mol. The van der Waals surface area contributed by atoms with Gasteiger partial charge in [-0.25, -0.2) is 0 Å². The van der Waals surface area contributed by atoms with Crippen LogP contribution in [0, 0.1) is 4.77 Å². The van der Waals surface area contributed by atoms with E-state index in [1.54, 1.807) is 11.3 Å². The van der Waals surface area contributed by atoms with Crippen molar-refractivity contribution in [1.82, 2.24) is 9.55 Å². The maximum atomic E-state index is 6.03. The number of imidazole rings is 1. The third-order valence-electron chi connectivity index (χ3n) is 3.48. The largest absolute Gasteiger partial charge is 0.331 e. The first-order chi connectivity index (χ1) is 9.47. The average Bonchev–Trinajstić information content (AvgIpc) is 2.99. The van der Waals surface area contributed by atoms with Crippen molar-refractivity contribution >= 4 is 46.2 Å². The van der Waals surface area contributed by atoms with Gasteiger partial charge in [-0.05, 0) is 41.9 Å². The number of hydrogen-bond donors (Lipinski definition) is 1. The summed E-state index contributed by atoms with van der Waals surface area (Å²) in [7, 11) is 0. The molecule has 3 aromatic rings. The van der Waals surface area contributed by atoms with Gasteiger partial charge in [0, 0.05) is 21.9 Å². The van der Waals surface area contributed by atoms with E-state index >= 15 is 0 Å². The molecule has 104 valence electrons. The van der Waals surface area contributed by atoms with Gasteiger partial charge in [0.15, 0.2) is 4.77 Å². The Hall–Kier alpha value is -1.10. The number of rotatable bonds is 3. The van der Waals surface area contributed by atoms with Crippen LogP contribution in [0.15, 0.2) is 35.7 Å². The molecule has 1 aromatic carbocycles. The quantitative estimate of drug-likeness (QED) is 0.641. The van der Waals surface area contributed by atoms with Crippen molar-refractivity contribution in [2.24, 2.45) is 0 Å². The smallest absolute Gasteiger partial charge is 0.178 e. The van der Waals surface area contributed by atoms with Gasteiger partial charge in [-0.3, -0.25) is 0 Å².